The maximum absolute atomic E-state index is 13.5. The molecule has 144 valence electrons. The number of nitrogens with zero attached hydrogens (tertiary/aromatic N) is 2. The molecule has 0 radical (unpaired) electrons. The van der Waals surface area contributed by atoms with Crippen LogP contribution in [0.1, 0.15) is 30.5 Å². The van der Waals surface area contributed by atoms with Gasteiger partial charge in [-0.05, 0) is 44.5 Å². The second-order valence-electron chi connectivity index (χ2n) is 7.22. The van der Waals surface area contributed by atoms with Crippen molar-refractivity contribution >= 4 is 5.70 Å². The van der Waals surface area contributed by atoms with Gasteiger partial charge >= 0.3 is 6.18 Å². The molecule has 0 aliphatic carbocycles. The zero-order valence-electron chi connectivity index (χ0n) is 15.8. The Kier molecular flexibility index (Phi) is 4.37. The molecule has 3 rings (SSSR count). The van der Waals surface area contributed by atoms with Crippen LogP contribution in [0.5, 0.6) is 5.75 Å². The number of hydrogen-bond donors (Lipinski definition) is 0. The van der Waals surface area contributed by atoms with E-state index in [4.69, 9.17) is 4.74 Å². The SMILES string of the molecule is Cc1c(C(F)(F)F)ccc2c1C(n1ccccc1=O)=C(N(C)C)C(C)(C)O2. The van der Waals surface area contributed by atoms with Crippen molar-refractivity contribution in [3.8, 4) is 5.75 Å². The minimum Gasteiger partial charge on any atom is -0.481 e. The van der Waals surface area contributed by atoms with Gasteiger partial charge < -0.3 is 9.64 Å². The summed E-state index contributed by atoms with van der Waals surface area (Å²) in [6.45, 7) is 5.06. The average molecular weight is 378 g/mol. The maximum atomic E-state index is 13.5. The van der Waals surface area contributed by atoms with Crippen LogP contribution in [-0.2, 0) is 6.18 Å². The molecule has 4 nitrogen and oxygen atoms in total. The van der Waals surface area contributed by atoms with Crippen molar-refractivity contribution in [2.24, 2.45) is 0 Å². The number of alkyl halides is 3. The highest BCUT2D eigenvalue weighted by molar-refractivity contribution is 5.79. The molecule has 7 heteroatoms. The molecule has 0 bridgehead atoms. The molecule has 1 aliphatic rings. The normalized spacial score (nSPS) is 16.0. The molecule has 2 aromatic rings. The lowest BCUT2D eigenvalue weighted by molar-refractivity contribution is -0.138. The van der Waals surface area contributed by atoms with E-state index >= 15 is 0 Å². The number of halogens is 3. The van der Waals surface area contributed by atoms with E-state index in [9.17, 15) is 18.0 Å². The van der Waals surface area contributed by atoms with E-state index in [0.29, 0.717) is 17.1 Å². The topological polar surface area (TPSA) is 34.5 Å². The van der Waals surface area contributed by atoms with Gasteiger partial charge in [-0.2, -0.15) is 13.2 Å². The predicted molar refractivity (Wildman–Crippen MR) is 97.6 cm³/mol. The van der Waals surface area contributed by atoms with Crippen molar-refractivity contribution in [2.75, 3.05) is 14.1 Å². The number of pyridine rings is 1. The number of fused-ring (bicyclic) bond motifs is 1. The van der Waals surface area contributed by atoms with Crippen molar-refractivity contribution in [1.82, 2.24) is 9.47 Å². The largest absolute Gasteiger partial charge is 0.481 e. The molecule has 0 atom stereocenters. The monoisotopic (exact) mass is 378 g/mol. The summed E-state index contributed by atoms with van der Waals surface area (Å²) in [5, 5.41) is 0. The van der Waals surface area contributed by atoms with Gasteiger partial charge in [0, 0.05) is 31.9 Å². The Morgan fingerprint density at radius 1 is 1.11 bits per heavy atom. The highest BCUT2D eigenvalue weighted by atomic mass is 19.4. The second-order valence-corrected chi connectivity index (χ2v) is 7.22. The fraction of sp³-hybridized carbons (Fsp3) is 0.350. The van der Waals surface area contributed by atoms with Crippen LogP contribution in [0, 0.1) is 6.92 Å². The van der Waals surface area contributed by atoms with Gasteiger partial charge in [-0.15, -0.1) is 0 Å². The first kappa shape index (κ1) is 19.1. The Morgan fingerprint density at radius 2 is 1.78 bits per heavy atom. The molecule has 0 unspecified atom stereocenters. The average Bonchev–Trinajstić information content (AvgIpc) is 2.51. The third kappa shape index (κ3) is 3.11. The van der Waals surface area contributed by atoms with E-state index in [0.717, 1.165) is 6.07 Å². The molecule has 0 amide bonds. The zero-order valence-corrected chi connectivity index (χ0v) is 15.8. The quantitative estimate of drug-likeness (QED) is 0.788. The van der Waals surface area contributed by atoms with Crippen LogP contribution in [-0.4, -0.2) is 29.2 Å². The Balaban J connectivity index is 2.49. The maximum Gasteiger partial charge on any atom is 0.416 e. The number of hydrogen-bond acceptors (Lipinski definition) is 3. The smallest absolute Gasteiger partial charge is 0.416 e. The molecule has 0 spiro atoms. The molecule has 1 aromatic heterocycles. The highest BCUT2D eigenvalue weighted by Gasteiger charge is 2.41. The Morgan fingerprint density at radius 3 is 2.33 bits per heavy atom. The van der Waals surface area contributed by atoms with Crippen LogP contribution < -0.4 is 10.3 Å². The van der Waals surface area contributed by atoms with Gasteiger partial charge in [0.05, 0.1) is 17.0 Å². The van der Waals surface area contributed by atoms with Gasteiger partial charge in [-0.25, -0.2) is 0 Å². The van der Waals surface area contributed by atoms with Gasteiger partial charge in [0.2, 0.25) is 0 Å². The van der Waals surface area contributed by atoms with E-state index in [2.05, 4.69) is 0 Å². The fourth-order valence-corrected chi connectivity index (χ4v) is 3.70. The molecule has 27 heavy (non-hydrogen) atoms. The van der Waals surface area contributed by atoms with E-state index < -0.39 is 17.3 Å². The third-order valence-electron chi connectivity index (χ3n) is 4.64. The minimum absolute atomic E-state index is 0.0283. The molecule has 1 aliphatic heterocycles. The first-order valence-electron chi connectivity index (χ1n) is 8.45. The van der Waals surface area contributed by atoms with Crippen molar-refractivity contribution in [2.45, 2.75) is 32.5 Å². The van der Waals surface area contributed by atoms with Gasteiger partial charge in [-0.3, -0.25) is 9.36 Å². The summed E-state index contributed by atoms with van der Waals surface area (Å²) in [6, 6.07) is 7.00. The number of rotatable bonds is 2. The summed E-state index contributed by atoms with van der Waals surface area (Å²) < 4.78 is 47.9. The Hall–Kier alpha value is -2.70. The Labute approximate surface area is 155 Å². The Bertz CT molecular complexity index is 985. The van der Waals surface area contributed by atoms with Gasteiger partial charge in [0.15, 0.2) is 0 Å². The third-order valence-corrected chi connectivity index (χ3v) is 4.64. The fourth-order valence-electron chi connectivity index (χ4n) is 3.70. The highest BCUT2D eigenvalue weighted by Crippen LogP contribution is 2.46. The molecule has 2 heterocycles. The molecular weight excluding hydrogens is 357 g/mol. The summed E-state index contributed by atoms with van der Waals surface area (Å²) in [6.07, 6.45) is -2.94. The summed E-state index contributed by atoms with van der Waals surface area (Å²) in [5.74, 6) is 0.321. The second kappa shape index (κ2) is 6.18. The summed E-state index contributed by atoms with van der Waals surface area (Å²) in [5.41, 5.74) is -0.586. The van der Waals surface area contributed by atoms with Gasteiger partial charge in [0.25, 0.3) is 5.56 Å². The van der Waals surface area contributed by atoms with E-state index in [1.165, 1.54) is 23.6 Å². The molecular formula is C20H21F3N2O2. The van der Waals surface area contributed by atoms with Crippen molar-refractivity contribution < 1.29 is 17.9 Å². The summed E-state index contributed by atoms with van der Waals surface area (Å²) in [4.78, 5) is 14.3. The lowest BCUT2D eigenvalue weighted by atomic mass is 9.89. The molecule has 0 saturated heterocycles. The number of ether oxygens (including phenoxy) is 1. The van der Waals surface area contributed by atoms with E-state index in [1.807, 2.05) is 13.8 Å². The lowest BCUT2D eigenvalue weighted by Gasteiger charge is -2.41. The first-order valence-corrected chi connectivity index (χ1v) is 8.45. The van der Waals surface area contributed by atoms with E-state index in [1.54, 1.807) is 37.3 Å². The van der Waals surface area contributed by atoms with Crippen LogP contribution in [0.4, 0.5) is 13.2 Å². The summed E-state index contributed by atoms with van der Waals surface area (Å²) >= 11 is 0. The van der Waals surface area contributed by atoms with Gasteiger partial charge in [0.1, 0.15) is 11.4 Å². The number of benzene rings is 1. The van der Waals surface area contributed by atoms with Gasteiger partial charge in [-0.1, -0.05) is 6.07 Å². The summed E-state index contributed by atoms with van der Waals surface area (Å²) in [7, 11) is 3.56. The lowest BCUT2D eigenvalue weighted by Crippen LogP contribution is -2.43. The minimum atomic E-state index is -4.50. The molecule has 0 fully saturated rings. The molecule has 0 N–H and O–H groups in total. The zero-order chi connectivity index (χ0) is 20.1. The van der Waals surface area contributed by atoms with Crippen LogP contribution in [0.2, 0.25) is 0 Å². The predicted octanol–water partition coefficient (Wildman–Crippen LogP) is 4.13. The van der Waals surface area contributed by atoms with Crippen LogP contribution >= 0.6 is 0 Å². The van der Waals surface area contributed by atoms with Crippen LogP contribution in [0.3, 0.4) is 0 Å². The van der Waals surface area contributed by atoms with E-state index in [-0.39, 0.29) is 16.7 Å². The first-order chi connectivity index (χ1) is 12.4. The van der Waals surface area contributed by atoms with Crippen molar-refractivity contribution in [3.05, 3.63) is 69.3 Å². The molecule has 0 saturated carbocycles. The van der Waals surface area contributed by atoms with Crippen molar-refractivity contribution in [3.63, 3.8) is 0 Å². The standard InChI is InChI=1S/C20H21F3N2O2/c1-12-13(20(21,22)23)9-10-14-16(12)17(25-11-7-6-8-15(25)26)18(24(4)5)19(2,3)27-14/h6-11H,1-5H3. The number of aromatic nitrogens is 1. The van der Waals surface area contributed by atoms with Crippen LogP contribution in [0.25, 0.3) is 5.70 Å². The molecule has 1 aromatic carbocycles. The van der Waals surface area contributed by atoms with Crippen molar-refractivity contribution in [1.29, 1.82) is 0 Å². The number of likely N-dealkylation sites (N-methyl/N-ethyl adjacent to an activating group) is 1. The van der Waals surface area contributed by atoms with Crippen LogP contribution in [0.15, 0.2) is 47.0 Å².